The zero-order valence-corrected chi connectivity index (χ0v) is 17.8. The van der Waals surface area contributed by atoms with Crippen molar-refractivity contribution in [2.45, 2.75) is 25.8 Å². The number of hydrogen-bond donors (Lipinski definition) is 1. The van der Waals surface area contributed by atoms with Crippen molar-refractivity contribution in [3.8, 4) is 5.75 Å². The number of carbonyl (C=O) groups excluding carboxylic acids is 3. The van der Waals surface area contributed by atoms with Gasteiger partial charge < -0.3 is 15.0 Å². The highest BCUT2D eigenvalue weighted by Gasteiger charge is 2.30. The number of ether oxygens (including phenoxy) is 1. The van der Waals surface area contributed by atoms with Crippen LogP contribution in [0.15, 0.2) is 48.5 Å². The summed E-state index contributed by atoms with van der Waals surface area (Å²) in [5, 5.41) is 3.05. The van der Waals surface area contributed by atoms with E-state index in [-0.39, 0.29) is 23.5 Å². The number of rotatable bonds is 6. The van der Waals surface area contributed by atoms with Gasteiger partial charge in [-0.05, 0) is 56.2 Å². The summed E-state index contributed by atoms with van der Waals surface area (Å²) < 4.78 is 5.13. The molecule has 1 atom stereocenters. The molecule has 2 amide bonds. The summed E-state index contributed by atoms with van der Waals surface area (Å²) in [4.78, 5) is 39.6. The predicted molar refractivity (Wildman–Crippen MR) is 115 cm³/mol. The summed E-state index contributed by atoms with van der Waals surface area (Å²) in [5.41, 5.74) is 0.989. The van der Waals surface area contributed by atoms with Crippen molar-refractivity contribution in [3.05, 3.63) is 64.7 Å². The monoisotopic (exact) mass is 428 g/mol. The molecule has 0 radical (unpaired) electrons. The maximum atomic E-state index is 12.7. The van der Waals surface area contributed by atoms with E-state index >= 15 is 0 Å². The highest BCUT2D eigenvalue weighted by atomic mass is 35.5. The molecule has 2 aromatic rings. The Bertz CT molecular complexity index is 921. The van der Waals surface area contributed by atoms with E-state index in [1.54, 1.807) is 67.5 Å². The van der Waals surface area contributed by atoms with E-state index in [2.05, 4.69) is 5.32 Å². The smallest absolute Gasteiger partial charge is 0.253 e. The van der Waals surface area contributed by atoms with Crippen LogP contribution >= 0.6 is 11.6 Å². The third-order valence-electron chi connectivity index (χ3n) is 5.39. The molecule has 0 aliphatic carbocycles. The van der Waals surface area contributed by atoms with Gasteiger partial charge in [-0.3, -0.25) is 14.4 Å². The first-order valence-corrected chi connectivity index (χ1v) is 10.3. The van der Waals surface area contributed by atoms with Crippen molar-refractivity contribution in [1.29, 1.82) is 0 Å². The van der Waals surface area contributed by atoms with Gasteiger partial charge in [-0.2, -0.15) is 0 Å². The number of carbonyl (C=O) groups is 3. The first-order chi connectivity index (χ1) is 14.4. The Labute approximate surface area is 181 Å². The molecule has 1 aliphatic rings. The van der Waals surface area contributed by atoms with Crippen LogP contribution in [0, 0.1) is 5.92 Å². The number of nitrogens with one attached hydrogen (secondary N) is 1. The van der Waals surface area contributed by atoms with Crippen LogP contribution in [0.2, 0.25) is 5.02 Å². The van der Waals surface area contributed by atoms with Gasteiger partial charge in [0.2, 0.25) is 5.91 Å². The molecule has 0 bridgehead atoms. The number of ketones is 1. The van der Waals surface area contributed by atoms with E-state index in [0.29, 0.717) is 47.8 Å². The van der Waals surface area contributed by atoms with Crippen molar-refractivity contribution >= 4 is 29.2 Å². The minimum Gasteiger partial charge on any atom is -0.497 e. The van der Waals surface area contributed by atoms with Crippen LogP contribution in [0.3, 0.4) is 0 Å². The highest BCUT2D eigenvalue weighted by molar-refractivity contribution is 6.33. The zero-order valence-electron chi connectivity index (χ0n) is 17.1. The third kappa shape index (κ3) is 5.00. The van der Waals surface area contributed by atoms with E-state index in [1.807, 2.05) is 0 Å². The number of hydrogen-bond acceptors (Lipinski definition) is 4. The Morgan fingerprint density at radius 2 is 1.70 bits per heavy atom. The molecule has 30 heavy (non-hydrogen) atoms. The minimum atomic E-state index is -0.678. The lowest BCUT2D eigenvalue weighted by atomic mass is 9.88. The lowest BCUT2D eigenvalue weighted by molar-refractivity contribution is -0.134. The maximum Gasteiger partial charge on any atom is 0.253 e. The Morgan fingerprint density at radius 3 is 2.30 bits per heavy atom. The topological polar surface area (TPSA) is 75.7 Å². The first kappa shape index (κ1) is 21.8. The second-order valence-corrected chi connectivity index (χ2v) is 7.77. The highest BCUT2D eigenvalue weighted by Crippen LogP contribution is 2.23. The lowest BCUT2D eigenvalue weighted by Crippen LogP contribution is -2.49. The van der Waals surface area contributed by atoms with Crippen LogP contribution in [-0.4, -0.2) is 48.7 Å². The number of nitrogens with zero attached hydrogens (tertiary/aromatic N) is 1. The van der Waals surface area contributed by atoms with Crippen LogP contribution in [0.25, 0.3) is 0 Å². The van der Waals surface area contributed by atoms with Crippen LogP contribution in [0.4, 0.5) is 0 Å². The Kier molecular flexibility index (Phi) is 7.11. The van der Waals surface area contributed by atoms with Crippen molar-refractivity contribution in [2.75, 3.05) is 20.2 Å². The summed E-state index contributed by atoms with van der Waals surface area (Å²) in [7, 11) is 1.58. The molecule has 1 unspecified atom stereocenters. The summed E-state index contributed by atoms with van der Waals surface area (Å²) >= 11 is 6.05. The number of piperidine rings is 1. The number of halogens is 1. The summed E-state index contributed by atoms with van der Waals surface area (Å²) in [5.74, 6) is 0.136. The van der Waals surface area contributed by atoms with E-state index in [4.69, 9.17) is 16.3 Å². The molecule has 1 N–H and O–H groups in total. The number of amides is 2. The second kappa shape index (κ2) is 9.76. The third-order valence-corrected chi connectivity index (χ3v) is 5.72. The summed E-state index contributed by atoms with van der Waals surface area (Å²) in [6.07, 6.45) is 1.20. The van der Waals surface area contributed by atoms with Crippen LogP contribution in [-0.2, 0) is 4.79 Å². The number of methoxy groups -OCH3 is 1. The van der Waals surface area contributed by atoms with Gasteiger partial charge in [0.25, 0.3) is 5.91 Å². The molecule has 1 heterocycles. The Balaban J connectivity index is 1.53. The molecule has 1 saturated heterocycles. The SMILES string of the molecule is COc1ccc(C(=O)C2CCN(C(=O)C(C)NC(=O)c3ccccc3Cl)CC2)cc1. The first-order valence-electron chi connectivity index (χ1n) is 9.93. The van der Waals surface area contributed by atoms with Crippen molar-refractivity contribution in [3.63, 3.8) is 0 Å². The maximum absolute atomic E-state index is 12.7. The Hall–Kier alpha value is -2.86. The van der Waals surface area contributed by atoms with E-state index in [9.17, 15) is 14.4 Å². The average Bonchev–Trinajstić information content (AvgIpc) is 2.78. The normalized spacial score (nSPS) is 15.4. The van der Waals surface area contributed by atoms with E-state index in [0.717, 1.165) is 0 Å². The van der Waals surface area contributed by atoms with Gasteiger partial charge in [-0.1, -0.05) is 23.7 Å². The van der Waals surface area contributed by atoms with Crippen LogP contribution < -0.4 is 10.1 Å². The zero-order chi connectivity index (χ0) is 21.7. The molecule has 3 rings (SSSR count). The fourth-order valence-corrected chi connectivity index (χ4v) is 3.83. The summed E-state index contributed by atoms with van der Waals surface area (Å²) in [6.45, 7) is 2.63. The molecule has 2 aromatic carbocycles. The molecule has 7 heteroatoms. The van der Waals surface area contributed by atoms with Crippen molar-refractivity contribution < 1.29 is 19.1 Å². The van der Waals surface area contributed by atoms with Gasteiger partial charge in [-0.15, -0.1) is 0 Å². The molecule has 1 aliphatic heterocycles. The largest absolute Gasteiger partial charge is 0.497 e. The van der Waals surface area contributed by atoms with E-state index in [1.165, 1.54) is 0 Å². The van der Waals surface area contributed by atoms with Gasteiger partial charge in [-0.25, -0.2) is 0 Å². The molecule has 0 spiro atoms. The fraction of sp³-hybridized carbons (Fsp3) is 0.348. The van der Waals surface area contributed by atoms with Crippen molar-refractivity contribution in [1.82, 2.24) is 10.2 Å². The van der Waals surface area contributed by atoms with Gasteiger partial charge in [0.15, 0.2) is 5.78 Å². The van der Waals surface area contributed by atoms with E-state index < -0.39 is 6.04 Å². The van der Waals surface area contributed by atoms with Crippen LogP contribution in [0.1, 0.15) is 40.5 Å². The molecule has 0 aromatic heterocycles. The summed E-state index contributed by atoms with van der Waals surface area (Å²) in [6, 6.07) is 13.1. The molecule has 1 fully saturated rings. The van der Waals surface area contributed by atoms with Gasteiger partial charge in [0, 0.05) is 24.6 Å². The number of Topliss-reactive ketones (excluding diaryl/α,β-unsaturated/α-hetero) is 1. The van der Waals surface area contributed by atoms with Gasteiger partial charge in [0.1, 0.15) is 11.8 Å². The van der Waals surface area contributed by atoms with Crippen LogP contribution in [0.5, 0.6) is 5.75 Å². The van der Waals surface area contributed by atoms with Gasteiger partial charge in [0.05, 0.1) is 17.7 Å². The average molecular weight is 429 g/mol. The molecule has 6 nitrogen and oxygen atoms in total. The molecular weight excluding hydrogens is 404 g/mol. The second-order valence-electron chi connectivity index (χ2n) is 7.37. The number of likely N-dealkylation sites (tertiary alicyclic amines) is 1. The van der Waals surface area contributed by atoms with Crippen molar-refractivity contribution in [2.24, 2.45) is 5.92 Å². The quantitative estimate of drug-likeness (QED) is 0.713. The molecule has 158 valence electrons. The molecule has 0 saturated carbocycles. The number of benzene rings is 2. The standard InChI is InChI=1S/C23H25ClN2O4/c1-15(25-22(28)19-5-3-4-6-20(19)24)23(29)26-13-11-17(12-14-26)21(27)16-7-9-18(30-2)10-8-16/h3-10,15,17H,11-14H2,1-2H3,(H,25,28). The predicted octanol–water partition coefficient (Wildman–Crippen LogP) is 3.59. The lowest BCUT2D eigenvalue weighted by Gasteiger charge is -2.33. The minimum absolute atomic E-state index is 0.0878. The Morgan fingerprint density at radius 1 is 1.07 bits per heavy atom. The fourth-order valence-electron chi connectivity index (χ4n) is 3.61. The van der Waals surface area contributed by atoms with Gasteiger partial charge >= 0.3 is 0 Å². The molecular formula is C23H25ClN2O4.